The van der Waals surface area contributed by atoms with Crippen molar-refractivity contribution in [2.24, 2.45) is 0 Å². The molecule has 0 saturated carbocycles. The first-order valence-corrected chi connectivity index (χ1v) is 6.79. The van der Waals surface area contributed by atoms with Gasteiger partial charge in [0.15, 0.2) is 0 Å². The van der Waals surface area contributed by atoms with Gasteiger partial charge in [0, 0.05) is 18.8 Å². The third kappa shape index (κ3) is 3.72. The van der Waals surface area contributed by atoms with Crippen molar-refractivity contribution in [1.82, 2.24) is 4.90 Å². The highest BCUT2D eigenvalue weighted by Gasteiger charge is 2.22. The third-order valence-corrected chi connectivity index (χ3v) is 3.31. The van der Waals surface area contributed by atoms with Crippen LogP contribution in [0.25, 0.3) is 0 Å². The first-order valence-electron chi connectivity index (χ1n) is 6.79. The Balaban J connectivity index is 1.91. The smallest absolute Gasteiger partial charge is 0.244 e. The normalized spacial score (nSPS) is 16.3. The second kappa shape index (κ2) is 6.92. The Kier molecular flexibility index (Phi) is 4.97. The molecule has 5 heteroatoms. The van der Waals surface area contributed by atoms with Gasteiger partial charge in [0.2, 0.25) is 5.91 Å². The summed E-state index contributed by atoms with van der Waals surface area (Å²) in [6.07, 6.45) is 0.405. The fraction of sp³-hybridized carbons (Fsp3) is 0.467. The molecule has 5 nitrogen and oxygen atoms in total. The van der Waals surface area contributed by atoms with Crippen LogP contribution in [0.2, 0.25) is 0 Å². The van der Waals surface area contributed by atoms with Crippen LogP contribution in [-0.4, -0.2) is 43.2 Å². The molecule has 1 fully saturated rings. The largest absolute Gasteiger partial charge is 0.378 e. The van der Waals surface area contributed by atoms with Gasteiger partial charge < -0.3 is 15.0 Å². The predicted octanol–water partition coefficient (Wildman–Crippen LogP) is 1.41. The van der Waals surface area contributed by atoms with Gasteiger partial charge in [0.1, 0.15) is 6.04 Å². The molecule has 0 spiro atoms. The number of nitrogens with one attached hydrogen (secondary N) is 1. The number of nitrogens with zero attached hydrogens (tertiary/aromatic N) is 2. The van der Waals surface area contributed by atoms with E-state index >= 15 is 0 Å². The molecular weight excluding hydrogens is 254 g/mol. The number of carbonyl (C=O) groups is 1. The molecule has 1 unspecified atom stereocenters. The van der Waals surface area contributed by atoms with E-state index in [4.69, 9.17) is 10.00 Å². The maximum Gasteiger partial charge on any atom is 0.244 e. The highest BCUT2D eigenvalue weighted by atomic mass is 16.5. The lowest BCUT2D eigenvalue weighted by atomic mass is 10.1. The summed E-state index contributed by atoms with van der Waals surface area (Å²) in [7, 11) is 0. The quantitative estimate of drug-likeness (QED) is 0.901. The Hall–Kier alpha value is -2.06. The zero-order valence-corrected chi connectivity index (χ0v) is 11.6. The van der Waals surface area contributed by atoms with E-state index < -0.39 is 0 Å². The van der Waals surface area contributed by atoms with Crippen molar-refractivity contribution in [2.75, 3.05) is 31.6 Å². The van der Waals surface area contributed by atoms with Crippen molar-refractivity contribution < 1.29 is 9.53 Å². The number of benzene rings is 1. The molecule has 1 atom stereocenters. The molecule has 1 heterocycles. The van der Waals surface area contributed by atoms with Crippen LogP contribution in [0.5, 0.6) is 0 Å². The molecule has 1 saturated heterocycles. The topological polar surface area (TPSA) is 65.4 Å². The van der Waals surface area contributed by atoms with E-state index in [-0.39, 0.29) is 11.9 Å². The minimum atomic E-state index is -0.269. The van der Waals surface area contributed by atoms with Crippen LogP contribution in [-0.2, 0) is 16.0 Å². The van der Waals surface area contributed by atoms with Crippen LogP contribution >= 0.6 is 0 Å². The average Bonchev–Trinajstić information content (AvgIpc) is 2.49. The van der Waals surface area contributed by atoms with Crippen molar-refractivity contribution in [2.45, 2.75) is 19.4 Å². The molecule has 106 valence electrons. The number of morpholine rings is 1. The molecule has 0 aliphatic carbocycles. The highest BCUT2D eigenvalue weighted by Crippen LogP contribution is 2.12. The lowest BCUT2D eigenvalue weighted by molar-refractivity contribution is -0.135. The van der Waals surface area contributed by atoms with E-state index in [9.17, 15) is 4.79 Å². The van der Waals surface area contributed by atoms with Crippen molar-refractivity contribution in [3.05, 3.63) is 29.8 Å². The summed E-state index contributed by atoms with van der Waals surface area (Å²) in [4.78, 5) is 14.1. The molecule has 1 aromatic rings. The molecule has 1 aliphatic rings. The zero-order valence-electron chi connectivity index (χ0n) is 11.6. The summed E-state index contributed by atoms with van der Waals surface area (Å²) in [6.45, 7) is 4.40. The summed E-state index contributed by atoms with van der Waals surface area (Å²) in [5.41, 5.74) is 1.87. The maximum atomic E-state index is 12.2. The van der Waals surface area contributed by atoms with Crippen LogP contribution in [0.4, 0.5) is 5.69 Å². The first kappa shape index (κ1) is 14.4. The molecule has 20 heavy (non-hydrogen) atoms. The van der Waals surface area contributed by atoms with E-state index in [0.717, 1.165) is 11.3 Å². The maximum absolute atomic E-state index is 12.2. The van der Waals surface area contributed by atoms with Gasteiger partial charge in [0.05, 0.1) is 25.7 Å². The van der Waals surface area contributed by atoms with Gasteiger partial charge >= 0.3 is 0 Å². The Bertz CT molecular complexity index is 487. The SMILES string of the molecule is CC(Nc1ccc(CC#N)cc1)C(=O)N1CCOCC1. The number of hydrogen-bond acceptors (Lipinski definition) is 4. The third-order valence-electron chi connectivity index (χ3n) is 3.31. The standard InChI is InChI=1S/C15H19N3O2/c1-12(15(19)18-8-10-20-11-9-18)17-14-4-2-13(3-5-14)6-7-16/h2-5,12,17H,6,8-11H2,1H3. The molecule has 1 amide bonds. The van der Waals surface area contributed by atoms with Gasteiger partial charge in [-0.3, -0.25) is 4.79 Å². The summed E-state index contributed by atoms with van der Waals surface area (Å²) < 4.78 is 5.24. The molecule has 1 N–H and O–H groups in total. The molecule has 2 rings (SSSR count). The number of rotatable bonds is 4. The first-order chi connectivity index (χ1) is 9.70. The van der Waals surface area contributed by atoms with Gasteiger partial charge in [-0.1, -0.05) is 12.1 Å². The van der Waals surface area contributed by atoms with Crippen molar-refractivity contribution in [1.29, 1.82) is 5.26 Å². The van der Waals surface area contributed by atoms with Gasteiger partial charge in [-0.05, 0) is 24.6 Å². The van der Waals surface area contributed by atoms with Gasteiger partial charge in [-0.2, -0.15) is 5.26 Å². The Labute approximate surface area is 119 Å². The van der Waals surface area contributed by atoms with E-state index in [2.05, 4.69) is 11.4 Å². The fourth-order valence-electron chi connectivity index (χ4n) is 2.18. The second-order valence-electron chi connectivity index (χ2n) is 4.84. The number of anilines is 1. The summed E-state index contributed by atoms with van der Waals surface area (Å²) in [5, 5.41) is 11.8. The Morgan fingerprint density at radius 3 is 2.65 bits per heavy atom. The predicted molar refractivity (Wildman–Crippen MR) is 76.2 cm³/mol. The molecule has 0 bridgehead atoms. The lowest BCUT2D eigenvalue weighted by Gasteiger charge is -2.29. The van der Waals surface area contributed by atoms with Crippen molar-refractivity contribution in [3.63, 3.8) is 0 Å². The molecule has 0 aromatic heterocycles. The lowest BCUT2D eigenvalue weighted by Crippen LogP contribution is -2.46. The van der Waals surface area contributed by atoms with Crippen molar-refractivity contribution >= 4 is 11.6 Å². The van der Waals surface area contributed by atoms with E-state index in [1.807, 2.05) is 36.1 Å². The minimum absolute atomic E-state index is 0.0920. The monoisotopic (exact) mass is 273 g/mol. The molecular formula is C15H19N3O2. The van der Waals surface area contributed by atoms with E-state index in [1.54, 1.807) is 0 Å². The summed E-state index contributed by atoms with van der Waals surface area (Å²) in [6, 6.07) is 9.44. The van der Waals surface area contributed by atoms with Gasteiger partial charge in [0.25, 0.3) is 0 Å². The van der Waals surface area contributed by atoms with Gasteiger partial charge in [-0.15, -0.1) is 0 Å². The highest BCUT2D eigenvalue weighted by molar-refractivity contribution is 5.84. The van der Waals surface area contributed by atoms with Crippen LogP contribution in [0, 0.1) is 11.3 Å². The number of hydrogen-bond donors (Lipinski definition) is 1. The summed E-state index contributed by atoms with van der Waals surface area (Å²) in [5.74, 6) is 0.0920. The zero-order chi connectivity index (χ0) is 14.4. The van der Waals surface area contributed by atoms with E-state index in [0.29, 0.717) is 32.7 Å². The minimum Gasteiger partial charge on any atom is -0.378 e. The Morgan fingerprint density at radius 2 is 2.05 bits per heavy atom. The van der Waals surface area contributed by atoms with Crippen LogP contribution in [0.15, 0.2) is 24.3 Å². The molecule has 1 aromatic carbocycles. The Morgan fingerprint density at radius 1 is 1.40 bits per heavy atom. The fourth-order valence-corrected chi connectivity index (χ4v) is 2.18. The average molecular weight is 273 g/mol. The van der Waals surface area contributed by atoms with E-state index in [1.165, 1.54) is 0 Å². The number of nitriles is 1. The van der Waals surface area contributed by atoms with Crippen molar-refractivity contribution in [3.8, 4) is 6.07 Å². The van der Waals surface area contributed by atoms with Crippen LogP contribution < -0.4 is 5.32 Å². The van der Waals surface area contributed by atoms with Gasteiger partial charge in [-0.25, -0.2) is 0 Å². The summed E-state index contributed by atoms with van der Waals surface area (Å²) >= 11 is 0. The second-order valence-corrected chi connectivity index (χ2v) is 4.84. The number of amides is 1. The number of ether oxygens (including phenoxy) is 1. The molecule has 1 aliphatic heterocycles. The van der Waals surface area contributed by atoms with Crippen LogP contribution in [0.1, 0.15) is 12.5 Å². The molecule has 0 radical (unpaired) electrons. The van der Waals surface area contributed by atoms with Crippen LogP contribution in [0.3, 0.4) is 0 Å². The number of carbonyl (C=O) groups excluding carboxylic acids is 1.